The van der Waals surface area contributed by atoms with E-state index in [0.717, 1.165) is 69.9 Å². The SMILES string of the molecule is CC1(C)CC(OC(=O)c2ccc(CCC3CCC(C(=O)OC4CC(C)(C)NC(C)(C)C4)CC3)nc2)CC(C)(C)N1. The van der Waals surface area contributed by atoms with Crippen molar-refractivity contribution in [1.29, 1.82) is 0 Å². The van der Waals surface area contributed by atoms with E-state index in [1.807, 2.05) is 12.1 Å². The van der Waals surface area contributed by atoms with Crippen molar-refractivity contribution >= 4 is 11.9 Å². The Bertz CT molecular complexity index is 1010. The molecule has 2 N–H and O–H groups in total. The van der Waals surface area contributed by atoms with Gasteiger partial charge < -0.3 is 20.1 Å². The molecule has 2 saturated heterocycles. The molecule has 0 spiro atoms. The molecule has 7 nitrogen and oxygen atoms in total. The third-order valence-electron chi connectivity index (χ3n) is 8.91. The quantitative estimate of drug-likeness (QED) is 0.391. The lowest BCUT2D eigenvalue weighted by atomic mass is 9.79. The fourth-order valence-electron chi connectivity index (χ4n) is 7.84. The molecular formula is C33H53N3O4. The van der Waals surface area contributed by atoms with Crippen molar-refractivity contribution in [2.45, 2.75) is 154 Å². The molecular weight excluding hydrogens is 502 g/mol. The van der Waals surface area contributed by atoms with Crippen molar-refractivity contribution in [2.75, 3.05) is 0 Å². The smallest absolute Gasteiger partial charge is 0.339 e. The van der Waals surface area contributed by atoms with Gasteiger partial charge in [0.05, 0.1) is 11.5 Å². The molecule has 1 aliphatic carbocycles. The summed E-state index contributed by atoms with van der Waals surface area (Å²) in [4.78, 5) is 30.3. The number of hydrogen-bond acceptors (Lipinski definition) is 7. The highest BCUT2D eigenvalue weighted by Gasteiger charge is 2.41. The fourth-order valence-corrected chi connectivity index (χ4v) is 7.84. The number of carbonyl (C=O) groups excluding carboxylic acids is 2. The zero-order chi connectivity index (χ0) is 29.3. The standard InChI is InChI=1S/C33H53N3O4/c1-30(2)17-26(18-31(3,4)35-30)39-28(37)23-12-9-22(10-13-23)11-15-25-16-14-24(21-34-25)29(38)40-27-19-32(5,6)36-33(7,8)20-27/h14,16,21-23,26-27,35-36H,9-13,15,17-20H2,1-8H3. The maximum atomic E-state index is 13.0. The number of carbonyl (C=O) groups is 2. The number of rotatable bonds is 7. The number of ether oxygens (including phenoxy) is 2. The van der Waals surface area contributed by atoms with Crippen LogP contribution >= 0.6 is 0 Å². The average Bonchev–Trinajstić information content (AvgIpc) is 2.79. The summed E-state index contributed by atoms with van der Waals surface area (Å²) in [5.41, 5.74) is 1.30. The minimum Gasteiger partial charge on any atom is -0.462 e. The zero-order valence-electron chi connectivity index (χ0n) is 26.2. The van der Waals surface area contributed by atoms with Crippen LogP contribution in [-0.2, 0) is 20.7 Å². The lowest BCUT2D eigenvalue weighted by Crippen LogP contribution is -2.59. The summed E-state index contributed by atoms with van der Waals surface area (Å²) in [6, 6.07) is 3.80. The van der Waals surface area contributed by atoms with Crippen LogP contribution in [0.4, 0.5) is 0 Å². The largest absolute Gasteiger partial charge is 0.462 e. The number of pyridine rings is 1. The van der Waals surface area contributed by atoms with E-state index in [-0.39, 0.29) is 52.2 Å². The molecule has 3 aliphatic rings. The summed E-state index contributed by atoms with van der Waals surface area (Å²) < 4.78 is 11.9. The molecule has 0 bridgehead atoms. The molecule has 1 saturated carbocycles. The minimum atomic E-state index is -0.292. The summed E-state index contributed by atoms with van der Waals surface area (Å²) >= 11 is 0. The topological polar surface area (TPSA) is 89.6 Å². The van der Waals surface area contributed by atoms with Gasteiger partial charge in [-0.25, -0.2) is 4.79 Å². The van der Waals surface area contributed by atoms with Gasteiger partial charge in [0.1, 0.15) is 12.2 Å². The maximum absolute atomic E-state index is 13.0. The van der Waals surface area contributed by atoms with E-state index in [1.165, 1.54) is 0 Å². The highest BCUT2D eigenvalue weighted by atomic mass is 16.5. The molecule has 3 heterocycles. The van der Waals surface area contributed by atoms with Crippen LogP contribution in [0.25, 0.3) is 0 Å². The molecule has 3 fully saturated rings. The lowest BCUT2D eigenvalue weighted by Gasteiger charge is -2.46. The number of hydrogen-bond donors (Lipinski definition) is 2. The van der Waals surface area contributed by atoms with E-state index in [4.69, 9.17) is 9.47 Å². The summed E-state index contributed by atoms with van der Waals surface area (Å²) in [6.07, 6.45) is 10.7. The first-order valence-corrected chi connectivity index (χ1v) is 15.4. The Morgan fingerprint density at radius 2 is 1.27 bits per heavy atom. The number of piperidine rings is 2. The molecule has 0 aromatic carbocycles. The van der Waals surface area contributed by atoms with Gasteiger partial charge in [-0.15, -0.1) is 0 Å². The van der Waals surface area contributed by atoms with E-state index < -0.39 is 0 Å². The minimum absolute atomic E-state index is 0.00212. The summed E-state index contributed by atoms with van der Waals surface area (Å²) in [5, 5.41) is 7.28. The first-order valence-electron chi connectivity index (χ1n) is 15.4. The predicted octanol–water partition coefficient (Wildman–Crippen LogP) is 6.14. The molecule has 4 rings (SSSR count). The number of aromatic nitrogens is 1. The van der Waals surface area contributed by atoms with E-state index in [1.54, 1.807) is 6.20 Å². The fraction of sp³-hybridized carbons (Fsp3) is 0.788. The van der Waals surface area contributed by atoms with Crippen molar-refractivity contribution in [2.24, 2.45) is 11.8 Å². The third-order valence-corrected chi connectivity index (χ3v) is 8.91. The molecule has 0 radical (unpaired) electrons. The van der Waals surface area contributed by atoms with Gasteiger partial charge in [-0.05, 0) is 112 Å². The van der Waals surface area contributed by atoms with Gasteiger partial charge in [-0.1, -0.05) is 0 Å². The molecule has 0 unspecified atom stereocenters. The van der Waals surface area contributed by atoms with Crippen molar-refractivity contribution in [3.63, 3.8) is 0 Å². The van der Waals surface area contributed by atoms with Crippen LogP contribution in [-0.4, -0.2) is 51.3 Å². The lowest BCUT2D eigenvalue weighted by molar-refractivity contribution is -0.159. The molecule has 2 aliphatic heterocycles. The first-order chi connectivity index (χ1) is 18.5. The van der Waals surface area contributed by atoms with Gasteiger partial charge >= 0.3 is 11.9 Å². The third kappa shape index (κ3) is 8.75. The van der Waals surface area contributed by atoms with Crippen LogP contribution in [0.5, 0.6) is 0 Å². The Balaban J connectivity index is 1.19. The van der Waals surface area contributed by atoms with Gasteiger partial charge in [0.2, 0.25) is 0 Å². The highest BCUT2D eigenvalue weighted by molar-refractivity contribution is 5.89. The second-order valence-corrected chi connectivity index (χ2v) is 15.5. The average molecular weight is 556 g/mol. The van der Waals surface area contributed by atoms with Crippen LogP contribution in [0.3, 0.4) is 0 Å². The van der Waals surface area contributed by atoms with E-state index >= 15 is 0 Å². The van der Waals surface area contributed by atoms with Crippen LogP contribution in [0, 0.1) is 11.8 Å². The van der Waals surface area contributed by atoms with Crippen molar-refractivity contribution in [1.82, 2.24) is 15.6 Å². The van der Waals surface area contributed by atoms with Crippen LogP contribution in [0.2, 0.25) is 0 Å². The van der Waals surface area contributed by atoms with E-state index in [9.17, 15) is 9.59 Å². The van der Waals surface area contributed by atoms with Gasteiger partial charge in [0.25, 0.3) is 0 Å². The predicted molar refractivity (Wildman–Crippen MR) is 158 cm³/mol. The normalized spacial score (nSPS) is 28.0. The molecule has 40 heavy (non-hydrogen) atoms. The van der Waals surface area contributed by atoms with Gasteiger partial charge in [-0.2, -0.15) is 0 Å². The molecule has 1 aromatic rings. The molecule has 7 heteroatoms. The molecule has 1 aromatic heterocycles. The molecule has 0 amide bonds. The van der Waals surface area contributed by atoms with Crippen molar-refractivity contribution in [3.8, 4) is 0 Å². The molecule has 224 valence electrons. The van der Waals surface area contributed by atoms with Gasteiger partial charge in [0.15, 0.2) is 0 Å². The number of esters is 2. The Morgan fingerprint density at radius 3 is 1.75 bits per heavy atom. The zero-order valence-corrected chi connectivity index (χ0v) is 26.2. The van der Waals surface area contributed by atoms with Crippen LogP contribution < -0.4 is 10.6 Å². The van der Waals surface area contributed by atoms with Crippen LogP contribution in [0.1, 0.15) is 129 Å². The summed E-state index contributed by atoms with van der Waals surface area (Å²) in [7, 11) is 0. The Kier molecular flexibility index (Phi) is 9.06. The number of aryl methyl sites for hydroxylation is 1. The van der Waals surface area contributed by atoms with E-state index in [0.29, 0.717) is 11.5 Å². The Morgan fingerprint density at radius 1 is 0.775 bits per heavy atom. The maximum Gasteiger partial charge on any atom is 0.339 e. The van der Waals surface area contributed by atoms with Crippen molar-refractivity contribution < 1.29 is 19.1 Å². The van der Waals surface area contributed by atoms with Gasteiger partial charge in [0, 0.05) is 59.7 Å². The Hall–Kier alpha value is -1.99. The molecule has 0 atom stereocenters. The second kappa shape index (κ2) is 11.7. The number of nitrogens with zero attached hydrogens (tertiary/aromatic N) is 1. The number of nitrogens with one attached hydrogen (secondary N) is 2. The summed E-state index contributed by atoms with van der Waals surface area (Å²) in [6.45, 7) is 17.4. The second-order valence-electron chi connectivity index (χ2n) is 15.5. The first kappa shape index (κ1) is 31.0. The van der Waals surface area contributed by atoms with E-state index in [2.05, 4.69) is 71.0 Å². The van der Waals surface area contributed by atoms with Gasteiger partial charge in [-0.3, -0.25) is 9.78 Å². The highest BCUT2D eigenvalue weighted by Crippen LogP contribution is 2.35. The monoisotopic (exact) mass is 555 g/mol. The summed E-state index contributed by atoms with van der Waals surface area (Å²) in [5.74, 6) is 0.327. The Labute approximate surface area is 242 Å². The van der Waals surface area contributed by atoms with Crippen LogP contribution in [0.15, 0.2) is 18.3 Å². The van der Waals surface area contributed by atoms with Crippen molar-refractivity contribution in [3.05, 3.63) is 29.6 Å².